The van der Waals surface area contributed by atoms with Crippen molar-refractivity contribution in [2.75, 3.05) is 0 Å². The average Bonchev–Trinajstić information content (AvgIpc) is 3.10. The number of esters is 1. The molecule has 1 amide bonds. The number of carbonyl (C=O) groups excluding carboxylic acids is 2. The summed E-state index contributed by atoms with van der Waals surface area (Å²) >= 11 is 5.53. The van der Waals surface area contributed by atoms with E-state index >= 15 is 0 Å². The van der Waals surface area contributed by atoms with Gasteiger partial charge in [-0.15, -0.1) is 10.2 Å². The van der Waals surface area contributed by atoms with Crippen LogP contribution in [0.25, 0.3) is 0 Å². The first-order valence-corrected chi connectivity index (χ1v) is 5.45. The van der Waals surface area contributed by atoms with Crippen molar-refractivity contribution in [2.45, 2.75) is 18.9 Å². The minimum absolute atomic E-state index is 0.00120. The second-order valence-corrected chi connectivity index (χ2v) is 4.19. The molecule has 1 unspecified atom stereocenters. The van der Waals surface area contributed by atoms with Crippen molar-refractivity contribution >= 4 is 23.5 Å². The maximum Gasteiger partial charge on any atom is 0.359 e. The lowest BCUT2D eigenvalue weighted by atomic mass is 10.2. The number of nitrogens with two attached hydrogens (primary N) is 1. The van der Waals surface area contributed by atoms with Gasteiger partial charge in [0.2, 0.25) is 0 Å². The quantitative estimate of drug-likeness (QED) is 0.793. The van der Waals surface area contributed by atoms with Gasteiger partial charge in [-0.2, -0.15) is 0 Å². The first-order chi connectivity index (χ1) is 8.08. The lowest BCUT2D eigenvalue weighted by Crippen LogP contribution is -2.35. The molecule has 1 aliphatic rings. The SMILES string of the molecule is NC(=O)C(OC(=O)c1ccc(Cl)nn1)C1CC1. The molecule has 7 heteroatoms. The van der Waals surface area contributed by atoms with Crippen molar-refractivity contribution in [3.05, 3.63) is 23.0 Å². The number of hydrogen-bond acceptors (Lipinski definition) is 5. The van der Waals surface area contributed by atoms with Gasteiger partial charge in [0.25, 0.3) is 5.91 Å². The number of rotatable bonds is 4. The minimum Gasteiger partial charge on any atom is -0.447 e. The maximum absolute atomic E-state index is 11.6. The Morgan fingerprint density at radius 3 is 2.59 bits per heavy atom. The van der Waals surface area contributed by atoms with Crippen molar-refractivity contribution < 1.29 is 14.3 Å². The van der Waals surface area contributed by atoms with Crippen LogP contribution >= 0.6 is 11.6 Å². The molecule has 17 heavy (non-hydrogen) atoms. The second kappa shape index (κ2) is 4.67. The number of ether oxygens (including phenoxy) is 1. The van der Waals surface area contributed by atoms with E-state index in [9.17, 15) is 9.59 Å². The summed E-state index contributed by atoms with van der Waals surface area (Å²) in [6.45, 7) is 0. The number of nitrogens with zero attached hydrogens (tertiary/aromatic N) is 2. The van der Waals surface area contributed by atoms with Crippen LogP contribution < -0.4 is 5.73 Å². The van der Waals surface area contributed by atoms with Crippen LogP contribution in [-0.4, -0.2) is 28.2 Å². The molecule has 1 atom stereocenters. The number of amides is 1. The van der Waals surface area contributed by atoms with E-state index < -0.39 is 18.0 Å². The van der Waals surface area contributed by atoms with Crippen LogP contribution in [0, 0.1) is 5.92 Å². The average molecular weight is 256 g/mol. The molecule has 2 rings (SSSR count). The molecule has 1 saturated carbocycles. The molecule has 6 nitrogen and oxygen atoms in total. The van der Waals surface area contributed by atoms with Gasteiger partial charge in [0.15, 0.2) is 17.0 Å². The highest BCUT2D eigenvalue weighted by Crippen LogP contribution is 2.34. The topological polar surface area (TPSA) is 95.2 Å². The van der Waals surface area contributed by atoms with Crippen LogP contribution in [0.2, 0.25) is 5.15 Å². The summed E-state index contributed by atoms with van der Waals surface area (Å²) in [6.07, 6.45) is 0.806. The Morgan fingerprint density at radius 1 is 1.41 bits per heavy atom. The van der Waals surface area contributed by atoms with Crippen LogP contribution in [0.15, 0.2) is 12.1 Å². The summed E-state index contributed by atoms with van der Waals surface area (Å²) in [4.78, 5) is 22.7. The fourth-order valence-electron chi connectivity index (χ4n) is 1.39. The molecule has 2 N–H and O–H groups in total. The van der Waals surface area contributed by atoms with Crippen molar-refractivity contribution in [1.29, 1.82) is 0 Å². The molecule has 1 aromatic rings. The molecular weight excluding hydrogens is 246 g/mol. The molecule has 0 bridgehead atoms. The third-order valence-electron chi connectivity index (χ3n) is 2.41. The highest BCUT2D eigenvalue weighted by Gasteiger charge is 2.38. The smallest absolute Gasteiger partial charge is 0.359 e. The van der Waals surface area contributed by atoms with Crippen molar-refractivity contribution in [3.8, 4) is 0 Å². The van der Waals surface area contributed by atoms with Gasteiger partial charge in [-0.25, -0.2) is 4.79 Å². The molecule has 0 aromatic carbocycles. The standard InChI is InChI=1S/C10H10ClN3O3/c11-7-4-3-6(13-14-7)10(16)17-8(9(12)15)5-1-2-5/h3-5,8H,1-2H2,(H2,12,15). The predicted molar refractivity (Wildman–Crippen MR) is 58.2 cm³/mol. The van der Waals surface area contributed by atoms with Crippen LogP contribution in [0.5, 0.6) is 0 Å². The summed E-state index contributed by atoms with van der Waals surface area (Å²) in [6, 6.07) is 2.80. The van der Waals surface area contributed by atoms with Gasteiger partial charge in [0.05, 0.1) is 0 Å². The first-order valence-electron chi connectivity index (χ1n) is 5.07. The number of primary amides is 1. The largest absolute Gasteiger partial charge is 0.447 e. The van der Waals surface area contributed by atoms with Gasteiger partial charge in [-0.1, -0.05) is 11.6 Å². The number of carbonyl (C=O) groups is 2. The van der Waals surface area contributed by atoms with Gasteiger partial charge in [-0.3, -0.25) is 4.79 Å². The van der Waals surface area contributed by atoms with E-state index in [1.807, 2.05) is 0 Å². The monoisotopic (exact) mass is 255 g/mol. The van der Waals surface area contributed by atoms with Crippen LogP contribution in [0.4, 0.5) is 0 Å². The molecule has 1 aliphatic carbocycles. The van der Waals surface area contributed by atoms with E-state index in [0.717, 1.165) is 12.8 Å². The molecule has 0 spiro atoms. The Labute approximate surface area is 102 Å². The van der Waals surface area contributed by atoms with Crippen molar-refractivity contribution in [3.63, 3.8) is 0 Å². The Balaban J connectivity index is 2.04. The van der Waals surface area contributed by atoms with Gasteiger partial charge in [0.1, 0.15) is 0 Å². The molecule has 0 aliphatic heterocycles. The van der Waals surface area contributed by atoms with Crippen molar-refractivity contribution in [1.82, 2.24) is 10.2 Å². The predicted octanol–water partition coefficient (Wildman–Crippen LogP) is 0.551. The molecule has 1 heterocycles. The second-order valence-electron chi connectivity index (χ2n) is 3.81. The zero-order chi connectivity index (χ0) is 12.4. The van der Waals surface area contributed by atoms with Gasteiger partial charge in [-0.05, 0) is 25.0 Å². The van der Waals surface area contributed by atoms with E-state index in [-0.39, 0.29) is 16.8 Å². The van der Waals surface area contributed by atoms with Crippen LogP contribution in [0.1, 0.15) is 23.3 Å². The van der Waals surface area contributed by atoms with E-state index in [4.69, 9.17) is 22.1 Å². The highest BCUT2D eigenvalue weighted by molar-refractivity contribution is 6.29. The normalized spacial score (nSPS) is 16.3. The summed E-state index contributed by atoms with van der Waals surface area (Å²) in [7, 11) is 0. The third kappa shape index (κ3) is 2.91. The zero-order valence-electron chi connectivity index (χ0n) is 8.80. The first kappa shape index (κ1) is 11.8. The van der Waals surface area contributed by atoms with Crippen LogP contribution in [-0.2, 0) is 9.53 Å². The fourth-order valence-corrected chi connectivity index (χ4v) is 1.49. The fraction of sp³-hybridized carbons (Fsp3) is 0.400. The molecule has 1 aromatic heterocycles. The third-order valence-corrected chi connectivity index (χ3v) is 2.61. The van der Waals surface area contributed by atoms with Gasteiger partial charge in [0, 0.05) is 5.92 Å². The zero-order valence-corrected chi connectivity index (χ0v) is 9.55. The van der Waals surface area contributed by atoms with Crippen molar-refractivity contribution in [2.24, 2.45) is 11.7 Å². The highest BCUT2D eigenvalue weighted by atomic mass is 35.5. The minimum atomic E-state index is -0.875. The number of halogens is 1. The molecule has 90 valence electrons. The molecule has 1 fully saturated rings. The van der Waals surface area contributed by atoms with E-state index in [1.54, 1.807) is 0 Å². The summed E-state index contributed by atoms with van der Waals surface area (Å²) in [5, 5.41) is 7.25. The number of hydrogen-bond donors (Lipinski definition) is 1. The summed E-state index contributed by atoms with van der Waals surface area (Å²) in [5.74, 6) is -1.32. The Hall–Kier alpha value is -1.69. The maximum atomic E-state index is 11.6. The molecular formula is C10H10ClN3O3. The lowest BCUT2D eigenvalue weighted by molar-refractivity contribution is -0.127. The summed E-state index contributed by atoms with van der Waals surface area (Å²) in [5.41, 5.74) is 5.16. The summed E-state index contributed by atoms with van der Waals surface area (Å²) < 4.78 is 5.00. The molecule has 0 saturated heterocycles. The number of aromatic nitrogens is 2. The van der Waals surface area contributed by atoms with Crippen LogP contribution in [0.3, 0.4) is 0 Å². The Kier molecular flexibility index (Phi) is 3.23. The van der Waals surface area contributed by atoms with E-state index in [2.05, 4.69) is 10.2 Å². The van der Waals surface area contributed by atoms with Gasteiger partial charge < -0.3 is 10.5 Å². The molecule has 0 radical (unpaired) electrons. The van der Waals surface area contributed by atoms with Gasteiger partial charge >= 0.3 is 5.97 Å². The lowest BCUT2D eigenvalue weighted by Gasteiger charge is -2.12. The van der Waals surface area contributed by atoms with E-state index in [1.165, 1.54) is 12.1 Å². The Morgan fingerprint density at radius 2 is 2.12 bits per heavy atom. The van der Waals surface area contributed by atoms with E-state index in [0.29, 0.717) is 0 Å². The Bertz CT molecular complexity index is 445.